The van der Waals surface area contributed by atoms with Crippen LogP contribution in [-0.4, -0.2) is 80.8 Å². The lowest BCUT2D eigenvalue weighted by molar-refractivity contribution is 0.0706. The van der Waals surface area contributed by atoms with E-state index in [0.29, 0.717) is 37.8 Å². The Morgan fingerprint density at radius 1 is 1.14 bits per heavy atom. The first-order chi connectivity index (χ1) is 21.1. The molecule has 44 heavy (non-hydrogen) atoms. The summed E-state index contributed by atoms with van der Waals surface area (Å²) >= 11 is 0. The SMILES string of the molecule is COc1ncc(-c2nc(N3CCOCC3)nc3c(OCCc4ccc(C(=O)NO)cc4F)cc(F)cc23)cc1NS(C)(=O)=O. The summed E-state index contributed by atoms with van der Waals surface area (Å²) in [4.78, 5) is 27.1. The molecular formula is C28H28F2N6O7S. The smallest absolute Gasteiger partial charge is 0.274 e. The van der Waals surface area contributed by atoms with Gasteiger partial charge in [0.05, 0.1) is 38.9 Å². The third-order valence-electron chi connectivity index (χ3n) is 6.67. The Hall–Kier alpha value is -4.67. The van der Waals surface area contributed by atoms with E-state index in [1.165, 1.54) is 43.1 Å². The maximum Gasteiger partial charge on any atom is 0.274 e. The molecule has 3 N–H and O–H groups in total. The lowest BCUT2D eigenvalue weighted by Gasteiger charge is -2.27. The monoisotopic (exact) mass is 630 g/mol. The number of hydroxylamine groups is 1. The molecular weight excluding hydrogens is 602 g/mol. The molecule has 3 heterocycles. The van der Waals surface area contributed by atoms with Crippen molar-refractivity contribution in [2.24, 2.45) is 0 Å². The molecule has 1 aliphatic heterocycles. The molecule has 4 aromatic rings. The quantitative estimate of drug-likeness (QED) is 0.174. The number of carbonyl (C=O) groups excluding carboxylic acids is 1. The summed E-state index contributed by atoms with van der Waals surface area (Å²) in [6.07, 6.45) is 2.48. The summed E-state index contributed by atoms with van der Waals surface area (Å²) in [7, 11) is -2.35. The van der Waals surface area contributed by atoms with Crippen molar-refractivity contribution in [3.8, 4) is 22.9 Å². The van der Waals surface area contributed by atoms with E-state index < -0.39 is 27.6 Å². The molecule has 1 saturated heterocycles. The number of nitrogens with one attached hydrogen (secondary N) is 2. The Bertz CT molecular complexity index is 1820. The van der Waals surface area contributed by atoms with Crippen LogP contribution in [0.2, 0.25) is 0 Å². The minimum atomic E-state index is -3.70. The van der Waals surface area contributed by atoms with Crippen LogP contribution in [0, 0.1) is 11.6 Å². The number of anilines is 2. The fraction of sp³-hybridized carbons (Fsp3) is 0.286. The van der Waals surface area contributed by atoms with Gasteiger partial charge in [0.1, 0.15) is 28.6 Å². The third-order valence-corrected chi connectivity index (χ3v) is 7.26. The zero-order chi connectivity index (χ0) is 31.4. The van der Waals surface area contributed by atoms with Gasteiger partial charge in [0, 0.05) is 48.3 Å². The van der Waals surface area contributed by atoms with Gasteiger partial charge in [-0.1, -0.05) is 6.07 Å². The van der Waals surface area contributed by atoms with Crippen molar-refractivity contribution in [2.75, 3.05) is 55.9 Å². The largest absolute Gasteiger partial charge is 0.491 e. The Morgan fingerprint density at radius 2 is 1.91 bits per heavy atom. The van der Waals surface area contributed by atoms with E-state index >= 15 is 4.39 Å². The minimum absolute atomic E-state index is 0.0263. The number of pyridine rings is 1. The number of ether oxygens (including phenoxy) is 3. The van der Waals surface area contributed by atoms with Crippen LogP contribution in [0.5, 0.6) is 11.6 Å². The van der Waals surface area contributed by atoms with Crippen LogP contribution >= 0.6 is 0 Å². The number of halogens is 2. The molecule has 1 amide bonds. The molecule has 0 aliphatic carbocycles. The zero-order valence-corrected chi connectivity index (χ0v) is 24.5. The first-order valence-electron chi connectivity index (χ1n) is 13.3. The van der Waals surface area contributed by atoms with Crippen LogP contribution in [0.25, 0.3) is 22.2 Å². The van der Waals surface area contributed by atoms with Gasteiger partial charge >= 0.3 is 0 Å². The van der Waals surface area contributed by atoms with Crippen molar-refractivity contribution < 1.29 is 41.4 Å². The number of fused-ring (bicyclic) bond motifs is 1. The normalized spacial score (nSPS) is 13.5. The van der Waals surface area contributed by atoms with Gasteiger partial charge in [0.2, 0.25) is 21.9 Å². The molecule has 0 saturated carbocycles. The van der Waals surface area contributed by atoms with Crippen molar-refractivity contribution in [2.45, 2.75) is 6.42 Å². The molecule has 0 unspecified atom stereocenters. The Morgan fingerprint density at radius 3 is 2.59 bits per heavy atom. The van der Waals surface area contributed by atoms with Crippen LogP contribution in [0.15, 0.2) is 42.6 Å². The van der Waals surface area contributed by atoms with Gasteiger partial charge in [-0.15, -0.1) is 0 Å². The van der Waals surface area contributed by atoms with E-state index in [2.05, 4.69) is 9.71 Å². The molecule has 0 radical (unpaired) electrons. The lowest BCUT2D eigenvalue weighted by atomic mass is 10.1. The van der Waals surface area contributed by atoms with E-state index in [1.807, 2.05) is 4.90 Å². The highest BCUT2D eigenvalue weighted by atomic mass is 32.2. The second-order valence-corrected chi connectivity index (χ2v) is 11.5. The molecule has 1 fully saturated rings. The van der Waals surface area contributed by atoms with Crippen molar-refractivity contribution in [1.82, 2.24) is 20.4 Å². The molecule has 0 bridgehead atoms. The predicted molar refractivity (Wildman–Crippen MR) is 156 cm³/mol. The maximum atomic E-state index is 15.0. The summed E-state index contributed by atoms with van der Waals surface area (Å²) in [5.41, 5.74) is 2.56. The summed E-state index contributed by atoms with van der Waals surface area (Å²) in [5, 5.41) is 9.04. The van der Waals surface area contributed by atoms with Crippen LogP contribution in [0.3, 0.4) is 0 Å². The van der Waals surface area contributed by atoms with Gasteiger partial charge in [0.25, 0.3) is 5.91 Å². The number of morpholine rings is 1. The maximum absolute atomic E-state index is 15.0. The lowest BCUT2D eigenvalue weighted by Crippen LogP contribution is -2.37. The van der Waals surface area contributed by atoms with E-state index in [0.717, 1.165) is 18.4 Å². The van der Waals surface area contributed by atoms with Crippen molar-refractivity contribution in [3.05, 3.63) is 65.4 Å². The molecule has 232 valence electrons. The third kappa shape index (κ3) is 6.93. The Balaban J connectivity index is 1.56. The van der Waals surface area contributed by atoms with Gasteiger partial charge in [0.15, 0.2) is 0 Å². The molecule has 0 atom stereocenters. The zero-order valence-electron chi connectivity index (χ0n) is 23.6. The standard InChI is InChI=1S/C28H28F2N6O7S/c1-41-27-22(35-44(2,39)40)12-18(15-31-27)24-20-13-19(29)14-23(25(20)33-28(32-24)36-6-9-42-10-7-36)43-8-5-16-3-4-17(11-21(16)30)26(37)34-38/h3-4,11-15,35,38H,5-10H2,1-2H3,(H,34,37). The fourth-order valence-electron chi connectivity index (χ4n) is 4.63. The number of amides is 1. The number of hydrogen-bond acceptors (Lipinski definition) is 11. The highest BCUT2D eigenvalue weighted by molar-refractivity contribution is 7.92. The van der Waals surface area contributed by atoms with Crippen molar-refractivity contribution >= 4 is 38.5 Å². The Labute approximate surface area is 250 Å². The van der Waals surface area contributed by atoms with Gasteiger partial charge in [-0.2, -0.15) is 0 Å². The predicted octanol–water partition coefficient (Wildman–Crippen LogP) is 2.93. The summed E-state index contributed by atoms with van der Waals surface area (Å²) in [6.45, 7) is 1.81. The molecule has 13 nitrogen and oxygen atoms in total. The second-order valence-electron chi connectivity index (χ2n) is 9.77. The van der Waals surface area contributed by atoms with Crippen LogP contribution in [0.4, 0.5) is 20.4 Å². The average molecular weight is 631 g/mol. The van der Waals surface area contributed by atoms with Crippen LogP contribution in [0.1, 0.15) is 15.9 Å². The van der Waals surface area contributed by atoms with Crippen LogP contribution in [-0.2, 0) is 21.2 Å². The number of hydrogen-bond donors (Lipinski definition) is 3. The van der Waals surface area contributed by atoms with E-state index in [1.54, 1.807) is 0 Å². The highest BCUT2D eigenvalue weighted by Crippen LogP contribution is 2.36. The minimum Gasteiger partial charge on any atom is -0.491 e. The Kier molecular flexibility index (Phi) is 9.03. The molecule has 1 aliphatic rings. The number of nitrogens with zero attached hydrogens (tertiary/aromatic N) is 4. The van der Waals surface area contributed by atoms with E-state index in [9.17, 15) is 17.6 Å². The first-order valence-corrected chi connectivity index (χ1v) is 15.2. The highest BCUT2D eigenvalue weighted by Gasteiger charge is 2.22. The van der Waals surface area contributed by atoms with Gasteiger partial charge in [-0.25, -0.2) is 37.6 Å². The topological polar surface area (TPSA) is 165 Å². The van der Waals surface area contributed by atoms with E-state index in [-0.39, 0.29) is 58.1 Å². The molecule has 5 rings (SSSR count). The number of aromatic nitrogens is 3. The fourth-order valence-corrected chi connectivity index (χ4v) is 5.18. The molecule has 2 aromatic heterocycles. The number of rotatable bonds is 10. The second kappa shape index (κ2) is 12.9. The number of sulfonamides is 1. The van der Waals surface area contributed by atoms with Crippen molar-refractivity contribution in [3.63, 3.8) is 0 Å². The molecule has 16 heteroatoms. The number of benzene rings is 2. The summed E-state index contributed by atoms with van der Waals surface area (Å²) in [5.74, 6) is -1.77. The van der Waals surface area contributed by atoms with E-state index in [4.69, 9.17) is 29.4 Å². The van der Waals surface area contributed by atoms with Gasteiger partial charge in [-0.05, 0) is 29.8 Å². The number of methoxy groups -OCH3 is 1. The van der Waals surface area contributed by atoms with Crippen LogP contribution < -0.4 is 24.6 Å². The molecule has 0 spiro atoms. The summed E-state index contributed by atoms with van der Waals surface area (Å²) < 4.78 is 72.6. The number of carbonyl (C=O) groups is 1. The molecule has 2 aromatic carbocycles. The van der Waals surface area contributed by atoms with Crippen molar-refractivity contribution in [1.29, 1.82) is 0 Å². The van der Waals surface area contributed by atoms with Gasteiger partial charge in [-0.3, -0.25) is 14.7 Å². The first kappa shape index (κ1) is 30.8. The average Bonchev–Trinajstić information content (AvgIpc) is 3.00. The summed E-state index contributed by atoms with van der Waals surface area (Å²) in [6, 6.07) is 7.61. The van der Waals surface area contributed by atoms with Gasteiger partial charge < -0.3 is 19.1 Å².